The van der Waals surface area contributed by atoms with Gasteiger partial charge in [0.1, 0.15) is 10.7 Å². The molecule has 1 aromatic carbocycles. The number of non-ortho nitro benzene ring substituents is 1. The number of nitrogens with zero attached hydrogens (tertiary/aromatic N) is 2. The van der Waals surface area contributed by atoms with E-state index in [2.05, 4.69) is 5.32 Å². The van der Waals surface area contributed by atoms with Crippen LogP contribution in [0.5, 0.6) is 0 Å². The predicted molar refractivity (Wildman–Crippen MR) is 73.8 cm³/mol. The second-order valence-corrected chi connectivity index (χ2v) is 6.85. The minimum atomic E-state index is -4.05. The molecular weight excluding hydrogens is 301 g/mol. The SMILES string of the molecule is CNCC1CCN(S(=O)(=O)c2cc([N+](=O)[O-])ccc2F)C1. The molecule has 1 saturated heterocycles. The van der Waals surface area contributed by atoms with Gasteiger partial charge in [-0.3, -0.25) is 10.1 Å². The Morgan fingerprint density at radius 3 is 2.86 bits per heavy atom. The van der Waals surface area contributed by atoms with Gasteiger partial charge in [-0.2, -0.15) is 4.31 Å². The van der Waals surface area contributed by atoms with Crippen molar-refractivity contribution in [2.75, 3.05) is 26.7 Å². The molecule has 1 aromatic rings. The smallest absolute Gasteiger partial charge is 0.270 e. The van der Waals surface area contributed by atoms with E-state index in [9.17, 15) is 22.9 Å². The van der Waals surface area contributed by atoms with Gasteiger partial charge in [0.25, 0.3) is 5.69 Å². The first-order valence-electron chi connectivity index (χ1n) is 6.45. The summed E-state index contributed by atoms with van der Waals surface area (Å²) in [5, 5.41) is 13.7. The molecule has 116 valence electrons. The van der Waals surface area contributed by atoms with Crippen molar-refractivity contribution in [2.24, 2.45) is 5.92 Å². The highest BCUT2D eigenvalue weighted by Gasteiger charge is 2.34. The molecule has 1 aliphatic heterocycles. The lowest BCUT2D eigenvalue weighted by Crippen LogP contribution is -2.31. The van der Waals surface area contributed by atoms with Crippen molar-refractivity contribution in [1.29, 1.82) is 0 Å². The fourth-order valence-electron chi connectivity index (χ4n) is 2.41. The standard InChI is InChI=1S/C12H16FN3O4S/c1-14-7-9-4-5-15(8-9)21(19,20)12-6-10(16(17)18)2-3-11(12)13/h2-3,6,9,14H,4-5,7-8H2,1H3. The van der Waals surface area contributed by atoms with Crippen molar-refractivity contribution in [3.05, 3.63) is 34.1 Å². The zero-order valence-corrected chi connectivity index (χ0v) is 12.3. The van der Waals surface area contributed by atoms with Crippen LogP contribution in [0.1, 0.15) is 6.42 Å². The van der Waals surface area contributed by atoms with Crippen LogP contribution in [0.15, 0.2) is 23.1 Å². The normalized spacial score (nSPS) is 19.8. The summed E-state index contributed by atoms with van der Waals surface area (Å²) in [4.78, 5) is 9.34. The Labute approximate surface area is 122 Å². The van der Waals surface area contributed by atoms with Crippen LogP contribution in [-0.4, -0.2) is 44.3 Å². The Kier molecular flexibility index (Phi) is 4.55. The molecule has 0 bridgehead atoms. The van der Waals surface area contributed by atoms with E-state index in [1.807, 2.05) is 0 Å². The van der Waals surface area contributed by atoms with Crippen LogP contribution in [0.25, 0.3) is 0 Å². The second kappa shape index (κ2) is 6.04. The molecule has 1 fully saturated rings. The van der Waals surface area contributed by atoms with Crippen molar-refractivity contribution in [3.63, 3.8) is 0 Å². The number of nitro groups is 1. The minimum absolute atomic E-state index is 0.159. The quantitative estimate of drug-likeness (QED) is 0.645. The van der Waals surface area contributed by atoms with Crippen LogP contribution in [-0.2, 0) is 10.0 Å². The highest BCUT2D eigenvalue weighted by Crippen LogP contribution is 2.28. The minimum Gasteiger partial charge on any atom is -0.319 e. The van der Waals surface area contributed by atoms with E-state index in [-0.39, 0.29) is 19.0 Å². The first-order valence-corrected chi connectivity index (χ1v) is 7.89. The Bertz CT molecular complexity index is 650. The number of nitrogens with one attached hydrogen (secondary N) is 1. The Balaban J connectivity index is 2.32. The number of nitro benzene ring substituents is 1. The molecule has 7 nitrogen and oxygen atoms in total. The van der Waals surface area contributed by atoms with Gasteiger partial charge in [-0.15, -0.1) is 0 Å². The molecule has 0 aliphatic carbocycles. The van der Waals surface area contributed by atoms with Gasteiger partial charge in [-0.05, 0) is 32.0 Å². The third-order valence-corrected chi connectivity index (χ3v) is 5.36. The zero-order valence-electron chi connectivity index (χ0n) is 11.5. The molecular formula is C12H16FN3O4S. The average molecular weight is 317 g/mol. The number of rotatable bonds is 5. The van der Waals surface area contributed by atoms with Crippen molar-refractivity contribution in [2.45, 2.75) is 11.3 Å². The Morgan fingerprint density at radius 1 is 1.52 bits per heavy atom. The largest absolute Gasteiger partial charge is 0.319 e. The van der Waals surface area contributed by atoms with Gasteiger partial charge in [0, 0.05) is 25.2 Å². The van der Waals surface area contributed by atoms with Crippen LogP contribution in [0, 0.1) is 21.8 Å². The monoisotopic (exact) mass is 317 g/mol. The summed E-state index contributed by atoms with van der Waals surface area (Å²) < 4.78 is 39.8. The van der Waals surface area contributed by atoms with E-state index < -0.39 is 31.3 Å². The van der Waals surface area contributed by atoms with E-state index in [0.717, 1.165) is 18.2 Å². The van der Waals surface area contributed by atoms with Gasteiger partial charge >= 0.3 is 0 Å². The van der Waals surface area contributed by atoms with Crippen LogP contribution in [0.3, 0.4) is 0 Å². The molecule has 0 radical (unpaired) electrons. The molecule has 0 aromatic heterocycles. The summed E-state index contributed by atoms with van der Waals surface area (Å²) in [5.74, 6) is -0.816. The maximum Gasteiger partial charge on any atom is 0.270 e. The van der Waals surface area contributed by atoms with E-state index >= 15 is 0 Å². The number of benzene rings is 1. The lowest BCUT2D eigenvalue weighted by molar-refractivity contribution is -0.385. The van der Waals surface area contributed by atoms with Gasteiger partial charge < -0.3 is 5.32 Å². The Hall–Kier alpha value is -1.58. The van der Waals surface area contributed by atoms with Crippen molar-refractivity contribution < 1.29 is 17.7 Å². The molecule has 9 heteroatoms. The lowest BCUT2D eigenvalue weighted by Gasteiger charge is -2.17. The molecule has 0 amide bonds. The van der Waals surface area contributed by atoms with Crippen LogP contribution >= 0.6 is 0 Å². The third-order valence-electron chi connectivity index (χ3n) is 3.48. The maximum atomic E-state index is 13.8. The molecule has 0 spiro atoms. The molecule has 2 rings (SSSR count). The molecule has 1 atom stereocenters. The van der Waals surface area contributed by atoms with Gasteiger partial charge in [-0.25, -0.2) is 12.8 Å². The first kappa shape index (κ1) is 15.8. The molecule has 1 heterocycles. The predicted octanol–water partition coefficient (Wildman–Crippen LogP) is 0.964. The van der Waals surface area contributed by atoms with Crippen LogP contribution in [0.2, 0.25) is 0 Å². The van der Waals surface area contributed by atoms with Gasteiger partial charge in [0.05, 0.1) is 4.92 Å². The summed E-state index contributed by atoms with van der Waals surface area (Å²) in [6.45, 7) is 1.24. The molecule has 1 aliphatic rings. The van der Waals surface area contributed by atoms with Crippen molar-refractivity contribution in [1.82, 2.24) is 9.62 Å². The molecule has 1 unspecified atom stereocenters. The van der Waals surface area contributed by atoms with Crippen molar-refractivity contribution >= 4 is 15.7 Å². The van der Waals surface area contributed by atoms with Gasteiger partial charge in [0.15, 0.2) is 0 Å². The average Bonchev–Trinajstić information content (AvgIpc) is 2.88. The molecule has 1 N–H and O–H groups in total. The van der Waals surface area contributed by atoms with E-state index in [0.29, 0.717) is 13.0 Å². The topological polar surface area (TPSA) is 92.6 Å². The summed E-state index contributed by atoms with van der Waals surface area (Å²) in [6.07, 6.45) is 0.677. The van der Waals surface area contributed by atoms with Crippen LogP contribution in [0.4, 0.5) is 10.1 Å². The molecule has 0 saturated carbocycles. The fraction of sp³-hybridized carbons (Fsp3) is 0.500. The number of hydrogen-bond acceptors (Lipinski definition) is 5. The van der Waals surface area contributed by atoms with Gasteiger partial charge in [0.2, 0.25) is 10.0 Å². The first-order chi connectivity index (χ1) is 9.86. The van der Waals surface area contributed by atoms with Gasteiger partial charge in [-0.1, -0.05) is 0 Å². The highest BCUT2D eigenvalue weighted by atomic mass is 32.2. The summed E-state index contributed by atoms with van der Waals surface area (Å²) in [7, 11) is -2.28. The summed E-state index contributed by atoms with van der Waals surface area (Å²) in [5.41, 5.74) is -0.444. The summed E-state index contributed by atoms with van der Waals surface area (Å²) >= 11 is 0. The summed E-state index contributed by atoms with van der Waals surface area (Å²) in [6, 6.07) is 2.53. The zero-order chi connectivity index (χ0) is 15.6. The van der Waals surface area contributed by atoms with Crippen LogP contribution < -0.4 is 5.32 Å². The second-order valence-electron chi connectivity index (χ2n) is 4.95. The fourth-order valence-corrected chi connectivity index (χ4v) is 4.03. The number of hydrogen-bond donors (Lipinski definition) is 1. The third kappa shape index (κ3) is 3.20. The Morgan fingerprint density at radius 2 is 2.24 bits per heavy atom. The van der Waals surface area contributed by atoms with E-state index in [4.69, 9.17) is 0 Å². The highest BCUT2D eigenvalue weighted by molar-refractivity contribution is 7.89. The lowest BCUT2D eigenvalue weighted by atomic mass is 10.1. The number of halogens is 1. The van der Waals surface area contributed by atoms with E-state index in [1.54, 1.807) is 7.05 Å². The van der Waals surface area contributed by atoms with Crippen molar-refractivity contribution in [3.8, 4) is 0 Å². The number of sulfonamides is 1. The van der Waals surface area contributed by atoms with E-state index in [1.165, 1.54) is 4.31 Å². The maximum absolute atomic E-state index is 13.8. The molecule has 21 heavy (non-hydrogen) atoms.